The first kappa shape index (κ1) is 16.8. The molecule has 0 radical (unpaired) electrons. The number of carboxylic acid groups (broad SMARTS) is 1. The zero-order valence-electron chi connectivity index (χ0n) is 12.4. The van der Waals surface area contributed by atoms with Crippen molar-refractivity contribution in [3.63, 3.8) is 0 Å². The van der Waals surface area contributed by atoms with Gasteiger partial charge in [-0.25, -0.2) is 0 Å². The van der Waals surface area contributed by atoms with E-state index in [1.54, 1.807) is 31.4 Å². The highest BCUT2D eigenvalue weighted by atomic mass is 16.5. The van der Waals surface area contributed by atoms with Crippen molar-refractivity contribution in [3.8, 4) is 11.5 Å². The molecule has 1 aromatic rings. The minimum atomic E-state index is -0.919. The number of hydrogen-bond donors (Lipinski definition) is 1. The lowest BCUT2D eigenvalue weighted by Gasteiger charge is -2.21. The minimum Gasteiger partial charge on any atom is -0.497 e. The molecule has 0 fully saturated rings. The van der Waals surface area contributed by atoms with Crippen LogP contribution in [0.25, 0.3) is 0 Å². The number of rotatable bonds is 9. The normalized spacial score (nSPS) is 10.0. The molecule has 0 saturated carbocycles. The molecule has 6 nitrogen and oxygen atoms in total. The van der Waals surface area contributed by atoms with Crippen LogP contribution in [0.3, 0.4) is 0 Å². The highest BCUT2D eigenvalue weighted by Gasteiger charge is 2.14. The van der Waals surface area contributed by atoms with Crippen LogP contribution in [0.5, 0.6) is 11.5 Å². The Bertz CT molecular complexity index is 475. The van der Waals surface area contributed by atoms with E-state index in [-0.39, 0.29) is 25.5 Å². The number of amides is 1. The van der Waals surface area contributed by atoms with Gasteiger partial charge in [0, 0.05) is 19.2 Å². The van der Waals surface area contributed by atoms with Gasteiger partial charge < -0.3 is 19.5 Å². The van der Waals surface area contributed by atoms with Gasteiger partial charge in [-0.1, -0.05) is 13.0 Å². The van der Waals surface area contributed by atoms with Gasteiger partial charge in [0.05, 0.1) is 13.5 Å². The molecule has 0 aliphatic rings. The standard InChI is InChI=1S/C15H21NO5/c1-3-8-16(9-7-15(18)19)14(17)11-21-13-6-4-5-12(10-13)20-2/h4-6,10H,3,7-9,11H2,1-2H3,(H,18,19). The second kappa shape index (κ2) is 8.84. The third-order valence-electron chi connectivity index (χ3n) is 2.85. The Morgan fingerprint density at radius 3 is 2.57 bits per heavy atom. The maximum Gasteiger partial charge on any atom is 0.305 e. The van der Waals surface area contributed by atoms with E-state index in [9.17, 15) is 9.59 Å². The summed E-state index contributed by atoms with van der Waals surface area (Å²) in [5.41, 5.74) is 0. The average Bonchev–Trinajstić information content (AvgIpc) is 2.49. The molecule has 0 aliphatic carbocycles. The summed E-state index contributed by atoms with van der Waals surface area (Å²) in [5.74, 6) is 0.0483. The number of methoxy groups -OCH3 is 1. The van der Waals surface area contributed by atoms with E-state index in [1.807, 2.05) is 6.92 Å². The molecular formula is C15H21NO5. The third-order valence-corrected chi connectivity index (χ3v) is 2.85. The van der Waals surface area contributed by atoms with Crippen molar-refractivity contribution in [3.05, 3.63) is 24.3 Å². The fourth-order valence-corrected chi connectivity index (χ4v) is 1.79. The van der Waals surface area contributed by atoms with Crippen molar-refractivity contribution in [2.45, 2.75) is 19.8 Å². The molecule has 0 saturated heterocycles. The van der Waals surface area contributed by atoms with E-state index in [4.69, 9.17) is 14.6 Å². The lowest BCUT2D eigenvalue weighted by Crippen LogP contribution is -2.37. The molecule has 0 heterocycles. The van der Waals surface area contributed by atoms with Crippen LogP contribution in [0.15, 0.2) is 24.3 Å². The molecule has 6 heteroatoms. The first-order valence-electron chi connectivity index (χ1n) is 6.83. The quantitative estimate of drug-likeness (QED) is 0.751. The molecule has 0 atom stereocenters. The molecule has 1 rings (SSSR count). The zero-order chi connectivity index (χ0) is 15.7. The molecule has 1 amide bonds. The summed E-state index contributed by atoms with van der Waals surface area (Å²) >= 11 is 0. The Morgan fingerprint density at radius 1 is 1.24 bits per heavy atom. The predicted molar refractivity (Wildman–Crippen MR) is 77.6 cm³/mol. The topological polar surface area (TPSA) is 76.1 Å². The van der Waals surface area contributed by atoms with Crippen LogP contribution < -0.4 is 9.47 Å². The Hall–Kier alpha value is -2.24. The van der Waals surface area contributed by atoms with Crippen molar-refractivity contribution < 1.29 is 24.2 Å². The van der Waals surface area contributed by atoms with Gasteiger partial charge in [-0.15, -0.1) is 0 Å². The predicted octanol–water partition coefficient (Wildman–Crippen LogP) is 1.79. The van der Waals surface area contributed by atoms with Crippen LogP contribution in [0.1, 0.15) is 19.8 Å². The maximum absolute atomic E-state index is 12.1. The van der Waals surface area contributed by atoms with Crippen molar-refractivity contribution in [1.82, 2.24) is 4.90 Å². The van der Waals surface area contributed by atoms with Crippen LogP contribution in [-0.2, 0) is 9.59 Å². The van der Waals surface area contributed by atoms with E-state index >= 15 is 0 Å². The smallest absolute Gasteiger partial charge is 0.305 e. The first-order chi connectivity index (χ1) is 10.1. The van der Waals surface area contributed by atoms with Crippen molar-refractivity contribution in [2.24, 2.45) is 0 Å². The highest BCUT2D eigenvalue weighted by Crippen LogP contribution is 2.18. The molecule has 0 aliphatic heterocycles. The van der Waals surface area contributed by atoms with Gasteiger partial charge in [0.15, 0.2) is 6.61 Å². The Labute approximate surface area is 124 Å². The van der Waals surface area contributed by atoms with Gasteiger partial charge in [-0.3, -0.25) is 9.59 Å². The van der Waals surface area contributed by atoms with Crippen LogP contribution >= 0.6 is 0 Å². The maximum atomic E-state index is 12.1. The molecule has 0 bridgehead atoms. The summed E-state index contributed by atoms with van der Waals surface area (Å²) in [6, 6.07) is 6.98. The van der Waals surface area contributed by atoms with Gasteiger partial charge in [0.1, 0.15) is 11.5 Å². The van der Waals surface area contributed by atoms with Gasteiger partial charge >= 0.3 is 5.97 Å². The summed E-state index contributed by atoms with van der Waals surface area (Å²) in [4.78, 5) is 24.2. The van der Waals surface area contributed by atoms with E-state index < -0.39 is 5.97 Å². The highest BCUT2D eigenvalue weighted by molar-refractivity contribution is 5.78. The Morgan fingerprint density at radius 2 is 1.95 bits per heavy atom. The molecule has 21 heavy (non-hydrogen) atoms. The summed E-state index contributed by atoms with van der Waals surface area (Å²) in [7, 11) is 1.55. The van der Waals surface area contributed by atoms with Crippen molar-refractivity contribution >= 4 is 11.9 Å². The second-order valence-electron chi connectivity index (χ2n) is 4.49. The average molecular weight is 295 g/mol. The first-order valence-corrected chi connectivity index (χ1v) is 6.83. The molecule has 1 aromatic carbocycles. The van der Waals surface area contributed by atoms with E-state index in [0.29, 0.717) is 18.0 Å². The molecule has 116 valence electrons. The Balaban J connectivity index is 2.53. The number of carboxylic acids is 1. The minimum absolute atomic E-state index is 0.0646. The van der Waals surface area contributed by atoms with Crippen LogP contribution in [0.4, 0.5) is 0 Å². The van der Waals surface area contributed by atoms with E-state index in [1.165, 1.54) is 4.90 Å². The molecule has 0 spiro atoms. The number of carbonyl (C=O) groups excluding carboxylic acids is 1. The van der Waals surface area contributed by atoms with Crippen molar-refractivity contribution in [2.75, 3.05) is 26.8 Å². The lowest BCUT2D eigenvalue weighted by molar-refractivity contribution is -0.139. The van der Waals surface area contributed by atoms with Gasteiger partial charge in [0.2, 0.25) is 0 Å². The van der Waals surface area contributed by atoms with Gasteiger partial charge in [-0.2, -0.15) is 0 Å². The fourth-order valence-electron chi connectivity index (χ4n) is 1.79. The zero-order valence-corrected chi connectivity index (χ0v) is 12.4. The van der Waals surface area contributed by atoms with E-state index in [0.717, 1.165) is 6.42 Å². The molecular weight excluding hydrogens is 274 g/mol. The van der Waals surface area contributed by atoms with Crippen molar-refractivity contribution in [1.29, 1.82) is 0 Å². The number of nitrogens with zero attached hydrogens (tertiary/aromatic N) is 1. The number of carbonyl (C=O) groups is 2. The summed E-state index contributed by atoms with van der Waals surface area (Å²) in [5, 5.41) is 8.69. The number of hydrogen-bond acceptors (Lipinski definition) is 4. The van der Waals surface area contributed by atoms with E-state index in [2.05, 4.69) is 0 Å². The monoisotopic (exact) mass is 295 g/mol. The number of ether oxygens (including phenoxy) is 2. The summed E-state index contributed by atoms with van der Waals surface area (Å²) in [6.45, 7) is 2.54. The summed E-state index contributed by atoms with van der Waals surface area (Å²) < 4.78 is 10.5. The largest absolute Gasteiger partial charge is 0.497 e. The molecule has 0 aromatic heterocycles. The second-order valence-corrected chi connectivity index (χ2v) is 4.49. The van der Waals surface area contributed by atoms with Crippen LogP contribution in [0.2, 0.25) is 0 Å². The van der Waals surface area contributed by atoms with Gasteiger partial charge in [-0.05, 0) is 18.6 Å². The number of aliphatic carboxylic acids is 1. The fraction of sp³-hybridized carbons (Fsp3) is 0.467. The molecule has 1 N–H and O–H groups in total. The van der Waals surface area contributed by atoms with Gasteiger partial charge in [0.25, 0.3) is 5.91 Å². The molecule has 0 unspecified atom stereocenters. The SMILES string of the molecule is CCCN(CCC(=O)O)C(=O)COc1cccc(OC)c1. The van der Waals surface area contributed by atoms with Crippen LogP contribution in [0, 0.1) is 0 Å². The Kier molecular flexibility index (Phi) is 7.08. The lowest BCUT2D eigenvalue weighted by atomic mass is 10.3. The third kappa shape index (κ3) is 6.16. The number of benzene rings is 1. The summed E-state index contributed by atoms with van der Waals surface area (Å²) in [6.07, 6.45) is 0.704. The van der Waals surface area contributed by atoms with Crippen LogP contribution in [-0.4, -0.2) is 48.7 Å².